The van der Waals surface area contributed by atoms with E-state index in [0.717, 1.165) is 18.2 Å². The molecular formula is C14H11F2NO3. The summed E-state index contributed by atoms with van der Waals surface area (Å²) in [5.74, 6) is -2.49. The number of halogens is 2. The highest BCUT2D eigenvalue weighted by molar-refractivity contribution is 6.04. The van der Waals surface area contributed by atoms with E-state index in [1.807, 2.05) is 0 Å². The highest BCUT2D eigenvalue weighted by Gasteiger charge is 2.13. The van der Waals surface area contributed by atoms with Crippen LogP contribution in [0, 0.1) is 11.6 Å². The third-order valence-corrected chi connectivity index (χ3v) is 2.61. The van der Waals surface area contributed by atoms with Crippen LogP contribution in [-0.2, 0) is 0 Å². The lowest BCUT2D eigenvalue weighted by atomic mass is 10.2. The third kappa shape index (κ3) is 2.85. The molecule has 2 aromatic carbocycles. The van der Waals surface area contributed by atoms with E-state index in [9.17, 15) is 13.6 Å². The van der Waals surface area contributed by atoms with Crippen molar-refractivity contribution in [2.24, 2.45) is 0 Å². The Morgan fingerprint density at radius 2 is 1.90 bits per heavy atom. The standard InChI is InChI=1S/C14H11F2NO3/c1-20-13-5-2-8(6-12(13)16)17-14(19)10-4-3-9(18)7-11(10)15/h2-7,18H,1H3,(H,17,19). The second kappa shape index (κ2) is 5.56. The molecule has 4 nitrogen and oxygen atoms in total. The van der Waals surface area contributed by atoms with Crippen molar-refractivity contribution >= 4 is 11.6 Å². The van der Waals surface area contributed by atoms with Crippen LogP contribution in [-0.4, -0.2) is 18.1 Å². The summed E-state index contributed by atoms with van der Waals surface area (Å²) in [6, 6.07) is 6.99. The van der Waals surface area contributed by atoms with Crippen molar-refractivity contribution < 1.29 is 23.4 Å². The van der Waals surface area contributed by atoms with Crippen LogP contribution in [0.15, 0.2) is 36.4 Å². The van der Waals surface area contributed by atoms with Gasteiger partial charge < -0.3 is 15.2 Å². The quantitative estimate of drug-likeness (QED) is 0.908. The molecule has 20 heavy (non-hydrogen) atoms. The molecule has 0 bridgehead atoms. The van der Waals surface area contributed by atoms with Crippen LogP contribution in [0.25, 0.3) is 0 Å². The molecule has 0 fully saturated rings. The average molecular weight is 279 g/mol. The van der Waals surface area contributed by atoms with Gasteiger partial charge in [0.05, 0.1) is 12.7 Å². The monoisotopic (exact) mass is 279 g/mol. The van der Waals surface area contributed by atoms with Gasteiger partial charge in [0.25, 0.3) is 5.91 Å². The van der Waals surface area contributed by atoms with Gasteiger partial charge in [-0.05, 0) is 24.3 Å². The van der Waals surface area contributed by atoms with Gasteiger partial charge in [-0.2, -0.15) is 0 Å². The Bertz CT molecular complexity index is 659. The molecule has 104 valence electrons. The molecule has 0 saturated carbocycles. The number of ether oxygens (including phenoxy) is 1. The first kappa shape index (κ1) is 13.8. The number of methoxy groups -OCH3 is 1. The van der Waals surface area contributed by atoms with Crippen LogP contribution in [0.4, 0.5) is 14.5 Å². The molecule has 0 saturated heterocycles. The smallest absolute Gasteiger partial charge is 0.258 e. The predicted molar refractivity (Wildman–Crippen MR) is 69.0 cm³/mol. The molecule has 0 spiro atoms. The Balaban J connectivity index is 2.21. The number of phenolic OH excluding ortho intramolecular Hbond substituents is 1. The maximum absolute atomic E-state index is 13.5. The van der Waals surface area contributed by atoms with Crippen LogP contribution in [0.1, 0.15) is 10.4 Å². The lowest BCUT2D eigenvalue weighted by Crippen LogP contribution is -2.13. The lowest BCUT2D eigenvalue weighted by Gasteiger charge is -2.08. The Morgan fingerprint density at radius 1 is 1.15 bits per heavy atom. The Kier molecular flexibility index (Phi) is 3.84. The van der Waals surface area contributed by atoms with E-state index in [0.29, 0.717) is 0 Å². The number of amides is 1. The Hall–Kier alpha value is -2.63. The molecule has 0 aromatic heterocycles. The zero-order valence-electron chi connectivity index (χ0n) is 10.5. The number of carbonyl (C=O) groups is 1. The highest BCUT2D eigenvalue weighted by atomic mass is 19.1. The number of aromatic hydroxyl groups is 1. The molecule has 0 unspecified atom stereocenters. The minimum absolute atomic E-state index is 0.0406. The molecule has 0 atom stereocenters. The summed E-state index contributed by atoms with van der Waals surface area (Å²) in [5, 5.41) is 11.4. The first-order chi connectivity index (χ1) is 9.51. The molecular weight excluding hydrogens is 268 g/mol. The van der Waals surface area contributed by atoms with Gasteiger partial charge in [0.15, 0.2) is 11.6 Å². The van der Waals surface area contributed by atoms with Crippen molar-refractivity contribution in [1.82, 2.24) is 0 Å². The summed E-state index contributed by atoms with van der Waals surface area (Å²) in [5.41, 5.74) is -0.0835. The van der Waals surface area contributed by atoms with Crippen LogP contribution >= 0.6 is 0 Å². The van der Waals surface area contributed by atoms with Crippen molar-refractivity contribution in [3.05, 3.63) is 53.6 Å². The van der Waals surface area contributed by atoms with E-state index in [1.165, 1.54) is 25.3 Å². The SMILES string of the molecule is COc1ccc(NC(=O)c2ccc(O)cc2F)cc1F. The largest absolute Gasteiger partial charge is 0.508 e. The van der Waals surface area contributed by atoms with E-state index in [4.69, 9.17) is 9.84 Å². The number of nitrogens with one attached hydrogen (secondary N) is 1. The molecule has 0 aliphatic rings. The second-order valence-electron chi connectivity index (χ2n) is 3.97. The van der Waals surface area contributed by atoms with Gasteiger partial charge in [-0.25, -0.2) is 8.78 Å². The van der Waals surface area contributed by atoms with E-state index >= 15 is 0 Å². The van der Waals surface area contributed by atoms with Gasteiger partial charge >= 0.3 is 0 Å². The lowest BCUT2D eigenvalue weighted by molar-refractivity contribution is 0.102. The van der Waals surface area contributed by atoms with Crippen LogP contribution < -0.4 is 10.1 Å². The van der Waals surface area contributed by atoms with Crippen molar-refractivity contribution in [2.75, 3.05) is 12.4 Å². The topological polar surface area (TPSA) is 58.6 Å². The van der Waals surface area contributed by atoms with Gasteiger partial charge in [-0.3, -0.25) is 4.79 Å². The number of benzene rings is 2. The van der Waals surface area contributed by atoms with Gasteiger partial charge in [0.1, 0.15) is 11.6 Å². The van der Waals surface area contributed by atoms with Crippen LogP contribution in [0.2, 0.25) is 0 Å². The van der Waals surface area contributed by atoms with Crippen LogP contribution in [0.5, 0.6) is 11.5 Å². The first-order valence-electron chi connectivity index (χ1n) is 5.64. The van der Waals surface area contributed by atoms with E-state index < -0.39 is 17.5 Å². The summed E-state index contributed by atoms with van der Waals surface area (Å²) >= 11 is 0. The Morgan fingerprint density at radius 3 is 2.50 bits per heavy atom. The van der Waals surface area contributed by atoms with Gasteiger partial charge in [-0.15, -0.1) is 0 Å². The number of anilines is 1. The fourth-order valence-corrected chi connectivity index (χ4v) is 1.63. The van der Waals surface area contributed by atoms with E-state index in [2.05, 4.69) is 5.32 Å². The second-order valence-corrected chi connectivity index (χ2v) is 3.97. The Labute approximate surface area is 113 Å². The van der Waals surface area contributed by atoms with Gasteiger partial charge in [-0.1, -0.05) is 0 Å². The zero-order valence-corrected chi connectivity index (χ0v) is 10.5. The average Bonchev–Trinajstić information content (AvgIpc) is 2.38. The molecule has 0 aliphatic heterocycles. The van der Waals surface area contributed by atoms with Crippen molar-refractivity contribution in [2.45, 2.75) is 0 Å². The number of carbonyl (C=O) groups excluding carboxylic acids is 1. The molecule has 0 heterocycles. The maximum Gasteiger partial charge on any atom is 0.258 e. The summed E-state index contributed by atoms with van der Waals surface area (Å²) in [6.45, 7) is 0. The molecule has 1 amide bonds. The minimum Gasteiger partial charge on any atom is -0.508 e. The van der Waals surface area contributed by atoms with Crippen LogP contribution in [0.3, 0.4) is 0 Å². The summed E-state index contributed by atoms with van der Waals surface area (Å²) in [7, 11) is 1.32. The third-order valence-electron chi connectivity index (χ3n) is 2.61. The molecule has 6 heteroatoms. The van der Waals surface area contributed by atoms with E-state index in [-0.39, 0.29) is 22.7 Å². The molecule has 0 radical (unpaired) electrons. The molecule has 2 N–H and O–H groups in total. The number of hydrogen-bond acceptors (Lipinski definition) is 3. The predicted octanol–water partition coefficient (Wildman–Crippen LogP) is 2.93. The first-order valence-corrected chi connectivity index (χ1v) is 5.64. The fraction of sp³-hybridized carbons (Fsp3) is 0.0714. The zero-order chi connectivity index (χ0) is 14.7. The summed E-state index contributed by atoms with van der Waals surface area (Å²) in [6.07, 6.45) is 0. The summed E-state index contributed by atoms with van der Waals surface area (Å²) < 4.78 is 31.7. The van der Waals surface area contributed by atoms with Crippen molar-refractivity contribution in [3.63, 3.8) is 0 Å². The number of hydrogen-bond donors (Lipinski definition) is 2. The fourth-order valence-electron chi connectivity index (χ4n) is 1.63. The number of phenols is 1. The number of rotatable bonds is 3. The minimum atomic E-state index is -0.864. The summed E-state index contributed by atoms with van der Waals surface area (Å²) in [4.78, 5) is 11.8. The van der Waals surface area contributed by atoms with E-state index in [1.54, 1.807) is 0 Å². The highest BCUT2D eigenvalue weighted by Crippen LogP contribution is 2.22. The van der Waals surface area contributed by atoms with Crippen molar-refractivity contribution in [1.29, 1.82) is 0 Å². The normalized spacial score (nSPS) is 10.2. The molecule has 2 aromatic rings. The molecule has 2 rings (SSSR count). The maximum atomic E-state index is 13.5. The van der Waals surface area contributed by atoms with Gasteiger partial charge in [0, 0.05) is 17.8 Å². The molecule has 0 aliphatic carbocycles. The van der Waals surface area contributed by atoms with Crippen molar-refractivity contribution in [3.8, 4) is 11.5 Å². The van der Waals surface area contributed by atoms with Gasteiger partial charge in [0.2, 0.25) is 0 Å².